The molecule has 0 amide bonds. The van der Waals surface area contributed by atoms with Gasteiger partial charge in [0.1, 0.15) is 6.10 Å². The third-order valence-corrected chi connectivity index (χ3v) is 4.28. The molecule has 0 bridgehead atoms. The normalized spacial score (nSPS) is 31.9. The van der Waals surface area contributed by atoms with Crippen LogP contribution in [0.4, 0.5) is 0 Å². The average molecular weight is 300 g/mol. The zero-order chi connectivity index (χ0) is 16.3. The van der Waals surface area contributed by atoms with Crippen molar-refractivity contribution in [1.29, 1.82) is 0 Å². The fourth-order valence-corrected chi connectivity index (χ4v) is 2.92. The number of carbonyl (C=O) groups is 1. The Bertz CT molecular complexity index is 249. The Morgan fingerprint density at radius 1 is 0.857 bits per heavy atom. The second-order valence-electron chi connectivity index (χ2n) is 5.82. The molecule has 126 valence electrons. The fourth-order valence-electron chi connectivity index (χ4n) is 2.92. The number of rotatable bonds is 2. The van der Waals surface area contributed by atoms with Crippen LogP contribution in [0.2, 0.25) is 0 Å². The lowest BCUT2D eigenvalue weighted by atomic mass is 9.86. The van der Waals surface area contributed by atoms with E-state index < -0.39 is 0 Å². The number of ether oxygens (including phenoxy) is 1. The molecule has 2 aliphatic rings. The van der Waals surface area contributed by atoms with Crippen LogP contribution < -0.4 is 0 Å². The highest BCUT2D eigenvalue weighted by atomic mass is 16.5. The van der Waals surface area contributed by atoms with Crippen molar-refractivity contribution in [3.05, 3.63) is 0 Å². The highest BCUT2D eigenvalue weighted by molar-refractivity contribution is 5.72. The van der Waals surface area contributed by atoms with E-state index in [2.05, 4.69) is 6.92 Å². The molecule has 2 rings (SSSR count). The van der Waals surface area contributed by atoms with Crippen LogP contribution >= 0.6 is 0 Å². The summed E-state index contributed by atoms with van der Waals surface area (Å²) in [7, 11) is 0. The van der Waals surface area contributed by atoms with Crippen LogP contribution in [-0.4, -0.2) is 23.3 Å². The third-order valence-electron chi connectivity index (χ3n) is 4.28. The topological polar surface area (TPSA) is 46.5 Å². The lowest BCUT2D eigenvalue weighted by Gasteiger charge is -2.29. The molecular formula is C18H36O3. The first-order valence-corrected chi connectivity index (χ1v) is 9.03. The summed E-state index contributed by atoms with van der Waals surface area (Å²) in [5, 5.41) is 9.41. The van der Waals surface area contributed by atoms with Gasteiger partial charge in [-0.1, -0.05) is 34.6 Å². The van der Waals surface area contributed by atoms with Crippen LogP contribution in [0.3, 0.4) is 0 Å². The van der Waals surface area contributed by atoms with Crippen LogP contribution in [0, 0.1) is 11.8 Å². The van der Waals surface area contributed by atoms with Crippen LogP contribution in [0.25, 0.3) is 0 Å². The van der Waals surface area contributed by atoms with Gasteiger partial charge in [0, 0.05) is 0 Å². The van der Waals surface area contributed by atoms with Gasteiger partial charge in [0.2, 0.25) is 0 Å². The summed E-state index contributed by atoms with van der Waals surface area (Å²) < 4.78 is 5.59. The molecule has 0 aliphatic heterocycles. The molecule has 0 heterocycles. The average Bonchev–Trinajstić information content (AvgIpc) is 2.54. The SMILES string of the molecule is CC.CC.CC1CCC(OC(=O)C2CCC(O)CC2)CC1. The molecule has 2 saturated carbocycles. The van der Waals surface area contributed by atoms with Gasteiger partial charge >= 0.3 is 5.97 Å². The first-order chi connectivity index (χ1) is 10.1. The van der Waals surface area contributed by atoms with Gasteiger partial charge < -0.3 is 9.84 Å². The summed E-state index contributed by atoms with van der Waals surface area (Å²) in [5.74, 6) is 0.809. The Hall–Kier alpha value is -0.570. The smallest absolute Gasteiger partial charge is 0.309 e. The number of hydrogen-bond donors (Lipinski definition) is 1. The lowest BCUT2D eigenvalue weighted by Crippen LogP contribution is -2.30. The van der Waals surface area contributed by atoms with E-state index in [0.29, 0.717) is 0 Å². The predicted octanol–water partition coefficient (Wildman–Crippen LogP) is 4.71. The summed E-state index contributed by atoms with van der Waals surface area (Å²) in [6, 6.07) is 0. The third kappa shape index (κ3) is 7.85. The largest absolute Gasteiger partial charge is 0.462 e. The van der Waals surface area contributed by atoms with Gasteiger partial charge in [-0.15, -0.1) is 0 Å². The molecule has 2 fully saturated rings. The van der Waals surface area contributed by atoms with Crippen molar-refractivity contribution < 1.29 is 14.6 Å². The van der Waals surface area contributed by atoms with Gasteiger partial charge in [-0.05, 0) is 57.3 Å². The van der Waals surface area contributed by atoms with Crippen molar-refractivity contribution in [2.24, 2.45) is 11.8 Å². The molecule has 2 aliphatic carbocycles. The molecule has 0 spiro atoms. The highest BCUT2D eigenvalue weighted by Gasteiger charge is 2.29. The highest BCUT2D eigenvalue weighted by Crippen LogP contribution is 2.29. The van der Waals surface area contributed by atoms with E-state index >= 15 is 0 Å². The van der Waals surface area contributed by atoms with Gasteiger partial charge in [0.25, 0.3) is 0 Å². The van der Waals surface area contributed by atoms with Crippen LogP contribution in [0.5, 0.6) is 0 Å². The molecule has 1 N–H and O–H groups in total. The minimum Gasteiger partial charge on any atom is -0.462 e. The Morgan fingerprint density at radius 3 is 1.81 bits per heavy atom. The minimum absolute atomic E-state index is 0.0172. The maximum absolute atomic E-state index is 12.0. The first kappa shape index (κ1) is 20.4. The summed E-state index contributed by atoms with van der Waals surface area (Å²) in [5.41, 5.74) is 0. The van der Waals surface area contributed by atoms with Crippen molar-refractivity contribution in [3.63, 3.8) is 0 Å². The zero-order valence-electron chi connectivity index (χ0n) is 14.7. The van der Waals surface area contributed by atoms with E-state index in [1.165, 1.54) is 12.8 Å². The van der Waals surface area contributed by atoms with Crippen molar-refractivity contribution in [1.82, 2.24) is 0 Å². The first-order valence-electron chi connectivity index (χ1n) is 9.03. The molecular weight excluding hydrogens is 264 g/mol. The second-order valence-corrected chi connectivity index (χ2v) is 5.82. The maximum atomic E-state index is 12.0. The van der Waals surface area contributed by atoms with E-state index in [1.807, 2.05) is 27.7 Å². The Kier molecular flexibility index (Phi) is 11.7. The molecule has 0 aromatic heterocycles. The molecule has 0 atom stereocenters. The summed E-state index contributed by atoms with van der Waals surface area (Å²) in [4.78, 5) is 12.0. The molecule has 0 unspecified atom stereocenters. The number of esters is 1. The molecule has 0 aromatic carbocycles. The van der Waals surface area contributed by atoms with Gasteiger partial charge in [-0.3, -0.25) is 4.79 Å². The quantitative estimate of drug-likeness (QED) is 0.751. The fraction of sp³-hybridized carbons (Fsp3) is 0.944. The van der Waals surface area contributed by atoms with Crippen molar-refractivity contribution in [2.75, 3.05) is 0 Å². The summed E-state index contributed by atoms with van der Waals surface area (Å²) in [6.45, 7) is 10.3. The van der Waals surface area contributed by atoms with E-state index in [9.17, 15) is 9.90 Å². The van der Waals surface area contributed by atoms with Crippen molar-refractivity contribution in [2.45, 2.75) is 98.2 Å². The Labute approximate surface area is 131 Å². The van der Waals surface area contributed by atoms with E-state index in [-0.39, 0.29) is 24.1 Å². The number of hydrogen-bond acceptors (Lipinski definition) is 3. The Balaban J connectivity index is 0.000000921. The van der Waals surface area contributed by atoms with Crippen molar-refractivity contribution >= 4 is 5.97 Å². The number of aliphatic hydroxyl groups is 1. The van der Waals surface area contributed by atoms with Gasteiger partial charge in [0.15, 0.2) is 0 Å². The van der Waals surface area contributed by atoms with Crippen LogP contribution in [-0.2, 0) is 9.53 Å². The van der Waals surface area contributed by atoms with Gasteiger partial charge in [0.05, 0.1) is 12.0 Å². The van der Waals surface area contributed by atoms with E-state index in [1.54, 1.807) is 0 Å². The van der Waals surface area contributed by atoms with Gasteiger partial charge in [-0.2, -0.15) is 0 Å². The monoisotopic (exact) mass is 300 g/mol. The zero-order valence-corrected chi connectivity index (χ0v) is 14.7. The second kappa shape index (κ2) is 12.0. The standard InChI is InChI=1S/C14H24O3.2C2H6/c1-10-2-8-13(9-3-10)17-14(16)11-4-6-12(15)7-5-11;2*1-2/h10-13,15H,2-9H2,1H3;2*1-2H3. The number of carbonyl (C=O) groups excluding carboxylic acids is 1. The molecule has 0 aromatic rings. The number of aliphatic hydroxyl groups excluding tert-OH is 1. The van der Waals surface area contributed by atoms with Crippen LogP contribution in [0.1, 0.15) is 86.0 Å². The minimum atomic E-state index is -0.199. The molecule has 3 heteroatoms. The van der Waals surface area contributed by atoms with Crippen LogP contribution in [0.15, 0.2) is 0 Å². The summed E-state index contributed by atoms with van der Waals surface area (Å²) in [6.07, 6.45) is 7.47. The molecule has 21 heavy (non-hydrogen) atoms. The predicted molar refractivity (Wildman–Crippen MR) is 88.2 cm³/mol. The Morgan fingerprint density at radius 2 is 1.33 bits per heavy atom. The molecule has 3 nitrogen and oxygen atoms in total. The van der Waals surface area contributed by atoms with Gasteiger partial charge in [-0.25, -0.2) is 0 Å². The van der Waals surface area contributed by atoms with E-state index in [0.717, 1.165) is 44.4 Å². The van der Waals surface area contributed by atoms with E-state index in [4.69, 9.17) is 4.74 Å². The molecule has 0 saturated heterocycles. The summed E-state index contributed by atoms with van der Waals surface area (Å²) >= 11 is 0. The lowest BCUT2D eigenvalue weighted by molar-refractivity contribution is -0.157. The van der Waals surface area contributed by atoms with Crippen molar-refractivity contribution in [3.8, 4) is 0 Å². The maximum Gasteiger partial charge on any atom is 0.309 e. The molecule has 0 radical (unpaired) electrons.